The van der Waals surface area contributed by atoms with Gasteiger partial charge in [-0.3, -0.25) is 0 Å². The van der Waals surface area contributed by atoms with Gasteiger partial charge in [-0.25, -0.2) is 0 Å². The summed E-state index contributed by atoms with van der Waals surface area (Å²) in [6.45, 7) is -1.73. The van der Waals surface area contributed by atoms with E-state index in [0.29, 0.717) is 0 Å². The third-order valence-electron chi connectivity index (χ3n) is 2.28. The molecule has 14 heavy (non-hydrogen) atoms. The van der Waals surface area contributed by atoms with Gasteiger partial charge in [0.25, 0.3) is 6.48 Å². The minimum Gasteiger partial charge on any atom is -0.346 e. The average Bonchev–Trinajstić information content (AvgIpc) is 2.18. The molecule has 74 valence electrons. The molecule has 0 saturated carbocycles. The molecule has 0 saturated heterocycles. The normalized spacial score (nSPS) is 19.8. The first-order valence-electron chi connectivity index (χ1n) is 4.53. The van der Waals surface area contributed by atoms with Gasteiger partial charge in [0, 0.05) is 0 Å². The fourth-order valence-electron chi connectivity index (χ4n) is 1.67. The van der Waals surface area contributed by atoms with E-state index in [4.69, 9.17) is 14.9 Å². The standard InChI is InChI=1S/C11H12O3/c12-11(13)14-10-7-3-5-8-4-1-2-6-9(8)10/h1-4,6-7,10-13H,5H2. The van der Waals surface area contributed by atoms with Crippen LogP contribution in [0, 0.1) is 0 Å². The second kappa shape index (κ2) is 3.92. The van der Waals surface area contributed by atoms with Crippen LogP contribution in [0.5, 0.6) is 0 Å². The van der Waals surface area contributed by atoms with Gasteiger partial charge >= 0.3 is 0 Å². The van der Waals surface area contributed by atoms with Crippen LogP contribution in [0.15, 0.2) is 36.4 Å². The number of benzene rings is 1. The third-order valence-corrected chi connectivity index (χ3v) is 2.28. The van der Waals surface area contributed by atoms with Gasteiger partial charge < -0.3 is 14.9 Å². The first kappa shape index (κ1) is 9.40. The van der Waals surface area contributed by atoms with Crippen molar-refractivity contribution in [2.24, 2.45) is 0 Å². The van der Waals surface area contributed by atoms with Gasteiger partial charge in [0.2, 0.25) is 0 Å². The van der Waals surface area contributed by atoms with Crippen molar-refractivity contribution in [3.8, 4) is 0 Å². The molecule has 0 radical (unpaired) electrons. The van der Waals surface area contributed by atoms with Gasteiger partial charge in [-0.05, 0) is 17.5 Å². The van der Waals surface area contributed by atoms with Crippen molar-refractivity contribution in [1.82, 2.24) is 0 Å². The summed E-state index contributed by atoms with van der Waals surface area (Å²) in [5, 5.41) is 17.5. The van der Waals surface area contributed by atoms with Crippen LogP contribution in [0.25, 0.3) is 0 Å². The fraction of sp³-hybridized carbons (Fsp3) is 0.273. The van der Waals surface area contributed by atoms with Crippen molar-refractivity contribution >= 4 is 0 Å². The van der Waals surface area contributed by atoms with Crippen molar-refractivity contribution in [1.29, 1.82) is 0 Å². The van der Waals surface area contributed by atoms with E-state index in [1.807, 2.05) is 36.4 Å². The van der Waals surface area contributed by atoms with E-state index in [1.165, 1.54) is 5.56 Å². The van der Waals surface area contributed by atoms with E-state index in [1.54, 1.807) is 0 Å². The highest BCUT2D eigenvalue weighted by Gasteiger charge is 2.17. The van der Waals surface area contributed by atoms with Gasteiger partial charge in [0.1, 0.15) is 6.10 Å². The lowest BCUT2D eigenvalue weighted by Crippen LogP contribution is -2.16. The topological polar surface area (TPSA) is 49.7 Å². The zero-order valence-electron chi connectivity index (χ0n) is 7.63. The monoisotopic (exact) mass is 192 g/mol. The fourth-order valence-corrected chi connectivity index (χ4v) is 1.67. The molecule has 2 rings (SSSR count). The summed E-state index contributed by atoms with van der Waals surface area (Å²) in [6.07, 6.45) is 4.33. The summed E-state index contributed by atoms with van der Waals surface area (Å²) in [7, 11) is 0. The maximum absolute atomic E-state index is 8.73. The Balaban J connectivity index is 2.26. The van der Waals surface area contributed by atoms with Crippen molar-refractivity contribution in [3.05, 3.63) is 47.5 Å². The van der Waals surface area contributed by atoms with Gasteiger partial charge in [-0.15, -0.1) is 0 Å². The highest BCUT2D eigenvalue weighted by atomic mass is 16.7. The number of aliphatic hydroxyl groups is 2. The molecule has 0 heterocycles. The number of aliphatic hydroxyl groups excluding tert-OH is 1. The Morgan fingerprint density at radius 2 is 2.07 bits per heavy atom. The van der Waals surface area contributed by atoms with E-state index < -0.39 is 6.48 Å². The Hall–Kier alpha value is -1.16. The second-order valence-electron chi connectivity index (χ2n) is 3.21. The lowest BCUT2D eigenvalue weighted by molar-refractivity contribution is -0.249. The highest BCUT2D eigenvalue weighted by molar-refractivity contribution is 5.36. The zero-order chi connectivity index (χ0) is 9.97. The average molecular weight is 192 g/mol. The lowest BCUT2D eigenvalue weighted by atomic mass is 9.95. The Kier molecular flexibility index (Phi) is 2.63. The van der Waals surface area contributed by atoms with E-state index in [9.17, 15) is 0 Å². The summed E-state index contributed by atoms with van der Waals surface area (Å²) in [5.41, 5.74) is 2.17. The minimum absolute atomic E-state index is 0.347. The zero-order valence-corrected chi connectivity index (χ0v) is 7.63. The molecule has 1 aliphatic carbocycles. The Bertz CT molecular complexity index is 344. The molecule has 1 aliphatic rings. The third kappa shape index (κ3) is 1.85. The molecule has 0 aromatic heterocycles. The molecule has 2 N–H and O–H groups in total. The maximum Gasteiger partial charge on any atom is 0.267 e. The first-order chi connectivity index (χ1) is 6.77. The predicted molar refractivity (Wildman–Crippen MR) is 51.3 cm³/mol. The van der Waals surface area contributed by atoms with Crippen LogP contribution in [-0.2, 0) is 11.2 Å². The van der Waals surface area contributed by atoms with Crippen LogP contribution in [-0.4, -0.2) is 16.7 Å². The number of hydrogen-bond donors (Lipinski definition) is 2. The minimum atomic E-state index is -1.73. The molecular formula is C11H12O3. The van der Waals surface area contributed by atoms with Gasteiger partial charge in [-0.2, -0.15) is 0 Å². The molecule has 3 heteroatoms. The molecule has 0 aliphatic heterocycles. The predicted octanol–water partition coefficient (Wildman–Crippen LogP) is 1.12. The van der Waals surface area contributed by atoms with Crippen LogP contribution in [0.3, 0.4) is 0 Å². The smallest absolute Gasteiger partial charge is 0.267 e. The van der Waals surface area contributed by atoms with Gasteiger partial charge in [0.05, 0.1) is 0 Å². The molecule has 1 atom stereocenters. The molecule has 0 spiro atoms. The number of rotatable bonds is 2. The first-order valence-corrected chi connectivity index (χ1v) is 4.53. The Morgan fingerprint density at radius 1 is 1.29 bits per heavy atom. The van der Waals surface area contributed by atoms with Crippen molar-refractivity contribution in [3.63, 3.8) is 0 Å². The number of fused-ring (bicyclic) bond motifs is 1. The maximum atomic E-state index is 8.73. The molecule has 0 bridgehead atoms. The highest BCUT2D eigenvalue weighted by Crippen LogP contribution is 2.27. The van der Waals surface area contributed by atoms with E-state index in [2.05, 4.69) is 0 Å². The van der Waals surface area contributed by atoms with Crippen LogP contribution < -0.4 is 0 Å². The van der Waals surface area contributed by atoms with Crippen LogP contribution in [0.2, 0.25) is 0 Å². The van der Waals surface area contributed by atoms with E-state index in [-0.39, 0.29) is 6.10 Å². The van der Waals surface area contributed by atoms with Gasteiger partial charge in [-0.1, -0.05) is 36.4 Å². The lowest BCUT2D eigenvalue weighted by Gasteiger charge is -2.21. The quantitative estimate of drug-likeness (QED) is 0.545. The number of hydrogen-bond acceptors (Lipinski definition) is 3. The molecular weight excluding hydrogens is 180 g/mol. The van der Waals surface area contributed by atoms with E-state index >= 15 is 0 Å². The molecule has 0 amide bonds. The molecule has 1 aromatic rings. The van der Waals surface area contributed by atoms with Crippen molar-refractivity contribution < 1.29 is 14.9 Å². The van der Waals surface area contributed by atoms with Crippen molar-refractivity contribution in [2.75, 3.05) is 0 Å². The second-order valence-corrected chi connectivity index (χ2v) is 3.21. The van der Waals surface area contributed by atoms with Gasteiger partial charge in [0.15, 0.2) is 0 Å². The summed E-state index contributed by atoms with van der Waals surface area (Å²) < 4.78 is 4.94. The van der Waals surface area contributed by atoms with Crippen LogP contribution in [0.1, 0.15) is 17.2 Å². The van der Waals surface area contributed by atoms with Crippen molar-refractivity contribution in [2.45, 2.75) is 19.0 Å². The van der Waals surface area contributed by atoms with Crippen LogP contribution >= 0.6 is 0 Å². The Morgan fingerprint density at radius 3 is 2.86 bits per heavy atom. The Labute approximate surface area is 82.3 Å². The summed E-state index contributed by atoms with van der Waals surface area (Å²) in [6, 6.07) is 7.83. The molecule has 1 unspecified atom stereocenters. The van der Waals surface area contributed by atoms with Crippen LogP contribution in [0.4, 0.5) is 0 Å². The summed E-state index contributed by atoms with van der Waals surface area (Å²) >= 11 is 0. The molecule has 3 nitrogen and oxygen atoms in total. The summed E-state index contributed by atoms with van der Waals surface area (Å²) in [5.74, 6) is 0. The molecule has 1 aromatic carbocycles. The molecule has 0 fully saturated rings. The number of ether oxygens (including phenoxy) is 1. The largest absolute Gasteiger partial charge is 0.346 e. The number of allylic oxidation sites excluding steroid dienone is 1. The van der Waals surface area contributed by atoms with E-state index in [0.717, 1.165) is 12.0 Å². The summed E-state index contributed by atoms with van der Waals surface area (Å²) in [4.78, 5) is 0. The SMILES string of the molecule is OC(O)OC1C=CCc2ccccc21.